The number of nitrogens with one attached hydrogen (secondary N) is 1. The van der Waals surface area contributed by atoms with Crippen LogP contribution in [-0.2, 0) is 0 Å². The molecule has 0 unspecified atom stereocenters. The number of hydrazone groups is 1. The van der Waals surface area contributed by atoms with Crippen LogP contribution in [0.15, 0.2) is 90.2 Å². The Morgan fingerprint density at radius 3 is 2.48 bits per heavy atom. The highest BCUT2D eigenvalue weighted by atomic mass is 16.6. The molecule has 31 heavy (non-hydrogen) atoms. The van der Waals surface area contributed by atoms with Gasteiger partial charge in [-0.05, 0) is 52.7 Å². The minimum absolute atomic E-state index is 0.107. The second-order valence-corrected chi connectivity index (χ2v) is 6.54. The van der Waals surface area contributed by atoms with Crippen LogP contribution in [0.2, 0.25) is 0 Å². The molecule has 0 aliphatic rings. The molecule has 0 aliphatic carbocycles. The summed E-state index contributed by atoms with van der Waals surface area (Å²) in [6.07, 6.45) is 2.65. The second kappa shape index (κ2) is 8.83. The molecule has 0 saturated carbocycles. The lowest BCUT2D eigenvalue weighted by Crippen LogP contribution is -2.17. The van der Waals surface area contributed by atoms with Gasteiger partial charge in [0.05, 0.1) is 11.1 Å². The lowest BCUT2D eigenvalue weighted by molar-refractivity contribution is -0.385. The van der Waals surface area contributed by atoms with Gasteiger partial charge in [-0.2, -0.15) is 5.10 Å². The van der Waals surface area contributed by atoms with E-state index in [1.807, 2.05) is 36.4 Å². The lowest BCUT2D eigenvalue weighted by atomic mass is 10.1. The Morgan fingerprint density at radius 2 is 1.77 bits per heavy atom. The predicted molar refractivity (Wildman–Crippen MR) is 116 cm³/mol. The molecule has 152 valence electrons. The monoisotopic (exact) mass is 412 g/mol. The zero-order chi connectivity index (χ0) is 21.6. The van der Waals surface area contributed by atoms with Crippen molar-refractivity contribution in [1.29, 1.82) is 0 Å². The number of fused-ring (bicyclic) bond motifs is 1. The zero-order valence-corrected chi connectivity index (χ0v) is 16.1. The number of nitrogens with zero attached hydrogens (tertiary/aromatic N) is 3. The number of nitro groups is 1. The summed E-state index contributed by atoms with van der Waals surface area (Å²) in [5.41, 5.74) is 3.68. The molecule has 4 rings (SSSR count). The van der Waals surface area contributed by atoms with Crippen molar-refractivity contribution in [2.75, 3.05) is 0 Å². The Bertz CT molecular complexity index is 1270. The van der Waals surface area contributed by atoms with E-state index in [1.165, 1.54) is 18.3 Å². The number of hydrogen-bond donors (Lipinski definition) is 1. The maximum Gasteiger partial charge on any atom is 0.287 e. The van der Waals surface area contributed by atoms with Crippen molar-refractivity contribution < 1.29 is 14.5 Å². The molecular weight excluding hydrogens is 396 g/mol. The number of carbonyl (C=O) groups excluding carboxylic acids is 1. The van der Waals surface area contributed by atoms with Crippen LogP contribution in [0.4, 0.5) is 5.69 Å². The molecule has 0 fully saturated rings. The third-order valence-electron chi connectivity index (χ3n) is 4.43. The van der Waals surface area contributed by atoms with E-state index in [1.54, 1.807) is 30.3 Å². The van der Waals surface area contributed by atoms with Gasteiger partial charge in [0.2, 0.25) is 5.88 Å². The van der Waals surface area contributed by atoms with E-state index in [0.29, 0.717) is 11.3 Å². The zero-order valence-electron chi connectivity index (χ0n) is 16.1. The summed E-state index contributed by atoms with van der Waals surface area (Å²) in [5.74, 6) is 0.458. The molecular formula is C23H16N4O4. The Morgan fingerprint density at radius 1 is 1.00 bits per heavy atom. The van der Waals surface area contributed by atoms with E-state index in [-0.39, 0.29) is 17.5 Å². The quantitative estimate of drug-likeness (QED) is 0.281. The van der Waals surface area contributed by atoms with Gasteiger partial charge in [-0.25, -0.2) is 10.4 Å². The summed E-state index contributed by atoms with van der Waals surface area (Å²) in [4.78, 5) is 26.3. The maximum atomic E-state index is 12.3. The lowest BCUT2D eigenvalue weighted by Gasteiger charge is -2.04. The van der Waals surface area contributed by atoms with Crippen molar-refractivity contribution in [2.24, 2.45) is 5.10 Å². The summed E-state index contributed by atoms with van der Waals surface area (Å²) < 4.78 is 5.56. The summed E-state index contributed by atoms with van der Waals surface area (Å²) in [6, 6.07) is 22.9. The van der Waals surface area contributed by atoms with Crippen LogP contribution in [0.5, 0.6) is 11.6 Å². The van der Waals surface area contributed by atoms with E-state index in [9.17, 15) is 14.9 Å². The van der Waals surface area contributed by atoms with Gasteiger partial charge >= 0.3 is 0 Å². The molecule has 8 heteroatoms. The van der Waals surface area contributed by atoms with Gasteiger partial charge in [-0.3, -0.25) is 14.9 Å². The van der Waals surface area contributed by atoms with Gasteiger partial charge in [0.1, 0.15) is 11.9 Å². The number of pyridine rings is 1. The molecule has 0 spiro atoms. The first-order chi connectivity index (χ1) is 15.1. The number of rotatable bonds is 6. The molecule has 1 heterocycles. The number of hydrogen-bond acceptors (Lipinski definition) is 6. The predicted octanol–water partition coefficient (Wildman–Crippen LogP) is 4.70. The van der Waals surface area contributed by atoms with Crippen LogP contribution in [0.1, 0.15) is 15.9 Å². The number of ether oxygens (including phenoxy) is 1. The number of aromatic nitrogens is 1. The molecule has 1 N–H and O–H groups in total. The van der Waals surface area contributed by atoms with Crippen molar-refractivity contribution in [3.05, 3.63) is 106 Å². The van der Waals surface area contributed by atoms with Crippen LogP contribution >= 0.6 is 0 Å². The minimum Gasteiger partial charge on any atom is -0.439 e. The van der Waals surface area contributed by atoms with Gasteiger partial charge in [-0.1, -0.05) is 30.3 Å². The third-order valence-corrected chi connectivity index (χ3v) is 4.43. The van der Waals surface area contributed by atoms with E-state index in [0.717, 1.165) is 22.5 Å². The highest BCUT2D eigenvalue weighted by Crippen LogP contribution is 2.21. The van der Waals surface area contributed by atoms with Crippen LogP contribution in [0.3, 0.4) is 0 Å². The van der Waals surface area contributed by atoms with E-state index < -0.39 is 4.92 Å². The molecule has 1 amide bonds. The van der Waals surface area contributed by atoms with Crippen molar-refractivity contribution in [1.82, 2.24) is 10.4 Å². The van der Waals surface area contributed by atoms with E-state index >= 15 is 0 Å². The largest absolute Gasteiger partial charge is 0.439 e. The first kappa shape index (κ1) is 19.7. The fourth-order valence-electron chi connectivity index (χ4n) is 2.84. The maximum absolute atomic E-state index is 12.3. The Balaban J connectivity index is 1.35. The summed E-state index contributed by atoms with van der Waals surface area (Å²) in [5, 5.41) is 16.7. The van der Waals surface area contributed by atoms with Gasteiger partial charge in [0.15, 0.2) is 0 Å². The second-order valence-electron chi connectivity index (χ2n) is 6.54. The van der Waals surface area contributed by atoms with Crippen molar-refractivity contribution in [2.45, 2.75) is 0 Å². The van der Waals surface area contributed by atoms with E-state index in [2.05, 4.69) is 15.5 Å². The van der Waals surface area contributed by atoms with Gasteiger partial charge in [-0.15, -0.1) is 0 Å². The fourth-order valence-corrected chi connectivity index (χ4v) is 2.84. The topological polar surface area (TPSA) is 107 Å². The highest BCUT2D eigenvalue weighted by Gasteiger charge is 2.07. The first-order valence-corrected chi connectivity index (χ1v) is 9.29. The smallest absolute Gasteiger partial charge is 0.287 e. The Kier molecular flexibility index (Phi) is 5.62. The molecule has 0 aliphatic heterocycles. The standard InChI is InChI=1S/C23H16N4O4/c28-23(19-8-7-17-3-1-2-4-18(17)13-19)26-25-14-16-5-10-21(11-6-16)31-22-12-9-20(15-24-22)27(29)30/h1-15H,(H,26,28)/b25-14+. The highest BCUT2D eigenvalue weighted by molar-refractivity contribution is 5.98. The molecule has 8 nitrogen and oxygen atoms in total. The van der Waals surface area contributed by atoms with Crippen LogP contribution < -0.4 is 10.2 Å². The molecule has 3 aromatic carbocycles. The van der Waals surface area contributed by atoms with Crippen LogP contribution in [0.25, 0.3) is 10.8 Å². The molecule has 0 atom stereocenters. The van der Waals surface area contributed by atoms with Crippen LogP contribution in [0, 0.1) is 10.1 Å². The molecule has 4 aromatic rings. The van der Waals surface area contributed by atoms with Gasteiger partial charge < -0.3 is 4.74 Å². The van der Waals surface area contributed by atoms with Crippen molar-refractivity contribution in [3.8, 4) is 11.6 Å². The summed E-state index contributed by atoms with van der Waals surface area (Å²) in [7, 11) is 0. The molecule has 0 bridgehead atoms. The average molecular weight is 412 g/mol. The van der Waals surface area contributed by atoms with Crippen molar-refractivity contribution in [3.63, 3.8) is 0 Å². The number of carbonyl (C=O) groups is 1. The Hall–Kier alpha value is -4.59. The summed E-state index contributed by atoms with van der Waals surface area (Å²) >= 11 is 0. The number of amides is 1. The van der Waals surface area contributed by atoms with E-state index in [4.69, 9.17) is 4.74 Å². The van der Waals surface area contributed by atoms with Crippen molar-refractivity contribution >= 4 is 28.6 Å². The average Bonchev–Trinajstić information content (AvgIpc) is 2.80. The first-order valence-electron chi connectivity index (χ1n) is 9.29. The normalized spacial score (nSPS) is 10.8. The molecule has 0 saturated heterocycles. The SMILES string of the molecule is O=C(N/N=C/c1ccc(Oc2ccc([N+](=O)[O-])cn2)cc1)c1ccc2ccccc2c1. The molecule has 0 radical (unpaired) electrons. The Labute approximate surface area is 177 Å². The van der Waals surface area contributed by atoms with Gasteiger partial charge in [0, 0.05) is 17.7 Å². The third kappa shape index (κ3) is 4.88. The summed E-state index contributed by atoms with van der Waals surface area (Å²) in [6.45, 7) is 0. The number of benzene rings is 3. The fraction of sp³-hybridized carbons (Fsp3) is 0. The van der Waals surface area contributed by atoms with Gasteiger partial charge in [0.25, 0.3) is 11.6 Å². The minimum atomic E-state index is -0.524. The van der Waals surface area contributed by atoms with Crippen LogP contribution in [-0.4, -0.2) is 22.0 Å². The molecule has 1 aromatic heterocycles.